The lowest BCUT2D eigenvalue weighted by Crippen LogP contribution is -2.53. The summed E-state index contributed by atoms with van der Waals surface area (Å²) in [5.41, 5.74) is 4.41. The largest absolute Gasteiger partial charge is 0.480 e. The Morgan fingerprint density at radius 1 is 1.03 bits per heavy atom. The summed E-state index contributed by atoms with van der Waals surface area (Å²) in [4.78, 5) is 37.7. The first-order chi connectivity index (χ1) is 14.5. The second kappa shape index (κ2) is 8.18. The van der Waals surface area contributed by atoms with Gasteiger partial charge in [-0.15, -0.1) is 0 Å². The number of hydrogen-bond donors (Lipinski definition) is 2. The number of fused-ring (bicyclic) bond motifs is 3. The molecule has 2 unspecified atom stereocenters. The van der Waals surface area contributed by atoms with Crippen LogP contribution < -0.4 is 5.32 Å². The van der Waals surface area contributed by atoms with Crippen LogP contribution in [0.4, 0.5) is 4.79 Å². The number of carboxylic acid groups (broad SMARTS) is 1. The van der Waals surface area contributed by atoms with Gasteiger partial charge in [0.2, 0.25) is 5.91 Å². The van der Waals surface area contributed by atoms with Gasteiger partial charge in [-0.05, 0) is 35.1 Å². The van der Waals surface area contributed by atoms with Crippen molar-refractivity contribution in [2.75, 3.05) is 20.2 Å². The number of ether oxygens (including phenoxy) is 1. The highest BCUT2D eigenvalue weighted by molar-refractivity contribution is 5.84. The third-order valence-electron chi connectivity index (χ3n) is 6.05. The van der Waals surface area contributed by atoms with Crippen molar-refractivity contribution in [1.82, 2.24) is 10.2 Å². The topological polar surface area (TPSA) is 95.9 Å². The van der Waals surface area contributed by atoms with Crippen LogP contribution in [-0.2, 0) is 14.3 Å². The molecule has 7 nitrogen and oxygen atoms in total. The molecule has 1 aliphatic heterocycles. The number of nitrogens with zero attached hydrogens (tertiary/aromatic N) is 1. The van der Waals surface area contributed by atoms with Gasteiger partial charge in [-0.3, -0.25) is 9.69 Å². The van der Waals surface area contributed by atoms with Crippen molar-refractivity contribution < 1.29 is 24.2 Å². The lowest BCUT2D eigenvalue weighted by atomic mass is 9.92. The number of carboxylic acids is 1. The maximum absolute atomic E-state index is 12.9. The summed E-state index contributed by atoms with van der Waals surface area (Å²) in [6.45, 7) is 0.146. The van der Waals surface area contributed by atoms with Crippen LogP contribution in [-0.4, -0.2) is 54.2 Å². The zero-order chi connectivity index (χ0) is 21.3. The molecule has 1 saturated heterocycles. The average molecular weight is 408 g/mol. The van der Waals surface area contributed by atoms with Crippen LogP contribution in [0.1, 0.15) is 29.9 Å². The third kappa shape index (κ3) is 3.51. The van der Waals surface area contributed by atoms with Crippen molar-refractivity contribution in [1.29, 1.82) is 0 Å². The summed E-state index contributed by atoms with van der Waals surface area (Å²) in [6, 6.07) is 15.0. The second-order valence-electron chi connectivity index (χ2n) is 7.70. The SMILES string of the molecule is CNC(=O)C1CCC(C(=O)O)N(C(=O)OCC2c3ccccc3-c3ccccc32)C1. The molecular formula is C23H24N2O5. The molecule has 2 aromatic rings. The maximum atomic E-state index is 12.9. The summed E-state index contributed by atoms with van der Waals surface area (Å²) in [6.07, 6.45) is -0.0561. The van der Waals surface area contributed by atoms with E-state index in [4.69, 9.17) is 4.74 Å². The van der Waals surface area contributed by atoms with Gasteiger partial charge in [-0.1, -0.05) is 48.5 Å². The molecule has 0 spiro atoms. The summed E-state index contributed by atoms with van der Waals surface area (Å²) in [5.74, 6) is -1.83. The van der Waals surface area contributed by atoms with E-state index >= 15 is 0 Å². The molecular weight excluding hydrogens is 384 g/mol. The highest BCUT2D eigenvalue weighted by Gasteiger charge is 2.39. The number of aliphatic carboxylic acids is 1. The van der Waals surface area contributed by atoms with E-state index in [-0.39, 0.29) is 31.4 Å². The molecule has 1 fully saturated rings. The third-order valence-corrected chi connectivity index (χ3v) is 6.05. The Balaban J connectivity index is 1.52. The number of benzene rings is 2. The average Bonchev–Trinajstić information content (AvgIpc) is 3.10. The van der Waals surface area contributed by atoms with E-state index in [9.17, 15) is 19.5 Å². The minimum atomic E-state index is -1.08. The summed E-state index contributed by atoms with van der Waals surface area (Å²) < 4.78 is 5.61. The van der Waals surface area contributed by atoms with Gasteiger partial charge in [0.05, 0.1) is 5.92 Å². The van der Waals surface area contributed by atoms with Crippen molar-refractivity contribution in [3.05, 3.63) is 59.7 Å². The number of nitrogens with one attached hydrogen (secondary N) is 1. The van der Waals surface area contributed by atoms with Gasteiger partial charge in [0.1, 0.15) is 12.6 Å². The number of amides is 2. The Morgan fingerprint density at radius 2 is 1.63 bits per heavy atom. The fourth-order valence-corrected chi connectivity index (χ4v) is 4.52. The van der Waals surface area contributed by atoms with Gasteiger partial charge < -0.3 is 15.2 Å². The first-order valence-corrected chi connectivity index (χ1v) is 10.1. The summed E-state index contributed by atoms with van der Waals surface area (Å²) in [5, 5.41) is 12.1. The number of hydrogen-bond acceptors (Lipinski definition) is 4. The Labute approximate surface area is 174 Å². The highest BCUT2D eigenvalue weighted by Crippen LogP contribution is 2.44. The molecule has 2 aromatic carbocycles. The maximum Gasteiger partial charge on any atom is 0.410 e. The van der Waals surface area contributed by atoms with E-state index in [0.717, 1.165) is 22.3 Å². The molecule has 0 aromatic heterocycles. The first-order valence-electron chi connectivity index (χ1n) is 10.1. The van der Waals surface area contributed by atoms with Crippen molar-refractivity contribution in [3.63, 3.8) is 0 Å². The van der Waals surface area contributed by atoms with Crippen LogP contribution in [0.5, 0.6) is 0 Å². The number of carbonyl (C=O) groups excluding carboxylic acids is 2. The lowest BCUT2D eigenvalue weighted by molar-refractivity contribution is -0.146. The van der Waals surface area contributed by atoms with Gasteiger partial charge in [0.25, 0.3) is 0 Å². The van der Waals surface area contributed by atoms with Gasteiger partial charge >= 0.3 is 12.1 Å². The van der Waals surface area contributed by atoms with Crippen molar-refractivity contribution >= 4 is 18.0 Å². The number of rotatable bonds is 4. The van der Waals surface area contributed by atoms with Crippen LogP contribution >= 0.6 is 0 Å². The Hall–Kier alpha value is -3.35. The van der Waals surface area contributed by atoms with E-state index in [1.807, 2.05) is 36.4 Å². The molecule has 2 N–H and O–H groups in total. The van der Waals surface area contributed by atoms with E-state index in [2.05, 4.69) is 17.4 Å². The molecule has 2 atom stereocenters. The Bertz CT molecular complexity index is 944. The monoisotopic (exact) mass is 408 g/mol. The number of carbonyl (C=O) groups is 3. The van der Waals surface area contributed by atoms with Crippen molar-refractivity contribution in [2.45, 2.75) is 24.8 Å². The van der Waals surface area contributed by atoms with E-state index in [1.54, 1.807) is 0 Å². The molecule has 1 heterocycles. The van der Waals surface area contributed by atoms with E-state index < -0.39 is 24.0 Å². The highest BCUT2D eigenvalue weighted by atomic mass is 16.6. The molecule has 156 valence electrons. The van der Waals surface area contributed by atoms with Gasteiger partial charge in [0.15, 0.2) is 0 Å². The number of likely N-dealkylation sites (tertiary alicyclic amines) is 1. The predicted octanol–water partition coefficient (Wildman–Crippen LogP) is 2.85. The Morgan fingerprint density at radius 3 is 2.20 bits per heavy atom. The normalized spacial score (nSPS) is 20.2. The molecule has 1 aliphatic carbocycles. The fraction of sp³-hybridized carbons (Fsp3) is 0.348. The van der Waals surface area contributed by atoms with Crippen LogP contribution in [0.15, 0.2) is 48.5 Å². The minimum Gasteiger partial charge on any atom is -0.480 e. The van der Waals surface area contributed by atoms with E-state index in [0.29, 0.717) is 6.42 Å². The van der Waals surface area contributed by atoms with Gasteiger partial charge in [-0.25, -0.2) is 9.59 Å². The Kier molecular flexibility index (Phi) is 5.44. The molecule has 7 heteroatoms. The molecule has 2 amide bonds. The summed E-state index contributed by atoms with van der Waals surface area (Å²) >= 11 is 0. The lowest BCUT2D eigenvalue weighted by Gasteiger charge is -2.36. The van der Waals surface area contributed by atoms with Crippen molar-refractivity contribution in [3.8, 4) is 11.1 Å². The fourth-order valence-electron chi connectivity index (χ4n) is 4.52. The van der Waals surface area contributed by atoms with Crippen LogP contribution in [0.2, 0.25) is 0 Å². The quantitative estimate of drug-likeness (QED) is 0.811. The van der Waals surface area contributed by atoms with Crippen LogP contribution in [0.25, 0.3) is 11.1 Å². The molecule has 2 aliphatic rings. The second-order valence-corrected chi connectivity index (χ2v) is 7.70. The molecule has 4 rings (SSSR count). The minimum absolute atomic E-state index is 0.0350. The molecule has 0 radical (unpaired) electrons. The van der Waals surface area contributed by atoms with Crippen LogP contribution in [0.3, 0.4) is 0 Å². The zero-order valence-corrected chi connectivity index (χ0v) is 16.7. The standard InChI is InChI=1S/C23H24N2O5/c1-24-21(26)14-10-11-20(22(27)28)25(12-14)23(29)30-13-19-17-8-4-2-6-15(17)16-7-3-5-9-18(16)19/h2-9,14,19-20H,10-13H2,1H3,(H,24,26)(H,27,28). The number of piperidine rings is 1. The molecule has 30 heavy (non-hydrogen) atoms. The summed E-state index contributed by atoms with van der Waals surface area (Å²) in [7, 11) is 1.53. The predicted molar refractivity (Wildman–Crippen MR) is 110 cm³/mol. The molecule has 0 saturated carbocycles. The van der Waals surface area contributed by atoms with Gasteiger partial charge in [-0.2, -0.15) is 0 Å². The van der Waals surface area contributed by atoms with E-state index in [1.165, 1.54) is 11.9 Å². The molecule has 0 bridgehead atoms. The van der Waals surface area contributed by atoms with Crippen molar-refractivity contribution in [2.24, 2.45) is 5.92 Å². The van der Waals surface area contributed by atoms with Crippen LogP contribution in [0, 0.1) is 5.92 Å². The first kappa shape index (κ1) is 19.9. The zero-order valence-electron chi connectivity index (χ0n) is 16.7. The smallest absolute Gasteiger partial charge is 0.410 e. The van der Waals surface area contributed by atoms with Gasteiger partial charge in [0, 0.05) is 19.5 Å².